The van der Waals surface area contributed by atoms with E-state index >= 15 is 0 Å². The number of piperidine rings is 1. The molecule has 0 unspecified atom stereocenters. The molecule has 0 aliphatic carbocycles. The molecule has 4 heterocycles. The monoisotopic (exact) mass is 566 g/mol. The van der Waals surface area contributed by atoms with E-state index in [0.29, 0.717) is 48.5 Å². The molecule has 0 radical (unpaired) electrons. The first-order chi connectivity index (χ1) is 20.4. The predicted molar refractivity (Wildman–Crippen MR) is 161 cm³/mol. The standard InChI is InChI=1S/C32H34N6O4/c1-3-21-14-18-38(30(21)39)27-10-4-8-24-23(27)12-11-20(2)28(24)42-29-25(9-5-15-33-29)26-13-16-34-31(36-26)35-22-7-6-17-37(19-22)32(40)41/h4-5,8-13,15-16,21-22H,3,6-7,14,17-19H2,1-2H3,(H,40,41)(H,34,35,36)/t21-,22-/m0/s1. The molecule has 2 aliphatic rings. The highest BCUT2D eigenvalue weighted by molar-refractivity contribution is 6.07. The number of benzene rings is 2. The number of aromatic nitrogens is 3. The van der Waals surface area contributed by atoms with Gasteiger partial charge in [0.05, 0.1) is 16.9 Å². The fraction of sp³-hybridized carbons (Fsp3) is 0.344. The van der Waals surface area contributed by atoms with Crippen molar-refractivity contribution >= 4 is 34.4 Å². The summed E-state index contributed by atoms with van der Waals surface area (Å²) in [5.41, 5.74) is 3.18. The molecule has 2 saturated heterocycles. The van der Waals surface area contributed by atoms with Gasteiger partial charge >= 0.3 is 6.09 Å². The van der Waals surface area contributed by atoms with E-state index in [1.165, 1.54) is 4.90 Å². The fourth-order valence-electron chi connectivity index (χ4n) is 5.94. The number of nitrogens with one attached hydrogen (secondary N) is 1. The Morgan fingerprint density at radius 1 is 1.05 bits per heavy atom. The van der Waals surface area contributed by atoms with Gasteiger partial charge in [-0.25, -0.2) is 19.7 Å². The van der Waals surface area contributed by atoms with E-state index in [1.54, 1.807) is 18.5 Å². The van der Waals surface area contributed by atoms with Crippen LogP contribution in [0.2, 0.25) is 0 Å². The molecular formula is C32H34N6O4. The molecule has 0 bridgehead atoms. The summed E-state index contributed by atoms with van der Waals surface area (Å²) in [6.45, 7) is 5.69. The average Bonchev–Trinajstić information content (AvgIpc) is 3.38. The van der Waals surface area contributed by atoms with E-state index in [9.17, 15) is 14.7 Å². The Bertz CT molecular complexity index is 1640. The van der Waals surface area contributed by atoms with Crippen LogP contribution in [0.4, 0.5) is 16.4 Å². The van der Waals surface area contributed by atoms with Crippen LogP contribution in [0.5, 0.6) is 11.6 Å². The summed E-state index contributed by atoms with van der Waals surface area (Å²) in [4.78, 5) is 41.5. The first-order valence-electron chi connectivity index (χ1n) is 14.5. The van der Waals surface area contributed by atoms with E-state index in [4.69, 9.17) is 9.72 Å². The van der Waals surface area contributed by atoms with Crippen molar-refractivity contribution < 1.29 is 19.4 Å². The number of amides is 2. The zero-order valence-electron chi connectivity index (χ0n) is 23.8. The molecule has 216 valence electrons. The molecule has 2 N–H and O–H groups in total. The second kappa shape index (κ2) is 11.6. The summed E-state index contributed by atoms with van der Waals surface area (Å²) >= 11 is 0. The van der Waals surface area contributed by atoms with E-state index < -0.39 is 6.09 Å². The number of pyridine rings is 1. The maximum absolute atomic E-state index is 13.1. The first kappa shape index (κ1) is 27.4. The van der Waals surface area contributed by atoms with Crippen LogP contribution in [0.25, 0.3) is 22.0 Å². The van der Waals surface area contributed by atoms with Crippen LogP contribution < -0.4 is 15.0 Å². The van der Waals surface area contributed by atoms with Crippen molar-refractivity contribution in [3.05, 3.63) is 66.5 Å². The van der Waals surface area contributed by atoms with Crippen LogP contribution in [-0.4, -0.2) is 62.6 Å². The number of anilines is 2. The van der Waals surface area contributed by atoms with Crippen molar-refractivity contribution in [1.82, 2.24) is 19.9 Å². The molecule has 0 spiro atoms. The number of ether oxygens (including phenoxy) is 1. The number of carbonyl (C=O) groups excluding carboxylic acids is 1. The maximum Gasteiger partial charge on any atom is 0.407 e. The molecule has 42 heavy (non-hydrogen) atoms. The lowest BCUT2D eigenvalue weighted by Gasteiger charge is -2.31. The van der Waals surface area contributed by atoms with E-state index in [0.717, 1.165) is 47.7 Å². The van der Waals surface area contributed by atoms with Gasteiger partial charge in [0.25, 0.3) is 0 Å². The number of nitrogens with zero attached hydrogens (tertiary/aromatic N) is 5. The zero-order valence-corrected chi connectivity index (χ0v) is 23.8. The van der Waals surface area contributed by atoms with Gasteiger partial charge in [0.15, 0.2) is 0 Å². The largest absolute Gasteiger partial charge is 0.465 e. The molecule has 2 aromatic carbocycles. The predicted octanol–water partition coefficient (Wildman–Crippen LogP) is 6.11. The first-order valence-corrected chi connectivity index (χ1v) is 14.5. The van der Waals surface area contributed by atoms with Gasteiger partial charge in [-0.05, 0) is 62.4 Å². The molecular weight excluding hydrogens is 532 g/mol. The summed E-state index contributed by atoms with van der Waals surface area (Å²) in [5.74, 6) is 1.75. The lowest BCUT2D eigenvalue weighted by molar-refractivity contribution is -0.120. The molecule has 2 aliphatic heterocycles. The van der Waals surface area contributed by atoms with Gasteiger partial charge in [0.1, 0.15) is 5.75 Å². The Morgan fingerprint density at radius 2 is 1.93 bits per heavy atom. The molecule has 0 saturated carbocycles. The molecule has 10 nitrogen and oxygen atoms in total. The molecule has 2 atom stereocenters. The summed E-state index contributed by atoms with van der Waals surface area (Å²) < 4.78 is 6.56. The average molecular weight is 567 g/mol. The number of hydrogen-bond donors (Lipinski definition) is 2. The van der Waals surface area contributed by atoms with Gasteiger partial charge in [0.2, 0.25) is 17.7 Å². The minimum atomic E-state index is -0.915. The molecule has 2 aromatic heterocycles. The minimum Gasteiger partial charge on any atom is -0.465 e. The number of carbonyl (C=O) groups is 2. The Labute approximate surface area is 244 Å². The van der Waals surface area contributed by atoms with Crippen LogP contribution in [-0.2, 0) is 4.79 Å². The van der Waals surface area contributed by atoms with Crippen LogP contribution in [0.3, 0.4) is 0 Å². The molecule has 2 fully saturated rings. The van der Waals surface area contributed by atoms with Gasteiger partial charge in [-0.2, -0.15) is 0 Å². The van der Waals surface area contributed by atoms with Crippen molar-refractivity contribution in [3.8, 4) is 22.9 Å². The third-order valence-electron chi connectivity index (χ3n) is 8.21. The van der Waals surface area contributed by atoms with Crippen molar-refractivity contribution in [1.29, 1.82) is 0 Å². The third-order valence-corrected chi connectivity index (χ3v) is 8.21. The summed E-state index contributed by atoms with van der Waals surface area (Å²) in [6.07, 6.45) is 5.77. The lowest BCUT2D eigenvalue weighted by Crippen LogP contribution is -2.44. The molecule has 6 rings (SSSR count). The van der Waals surface area contributed by atoms with E-state index in [2.05, 4.69) is 28.3 Å². The summed E-state index contributed by atoms with van der Waals surface area (Å²) in [5, 5.41) is 14.5. The van der Waals surface area contributed by atoms with Crippen LogP contribution in [0.15, 0.2) is 60.9 Å². The quantitative estimate of drug-likeness (QED) is 0.275. The second-order valence-electron chi connectivity index (χ2n) is 10.9. The zero-order chi connectivity index (χ0) is 29.2. The topological polar surface area (TPSA) is 121 Å². The minimum absolute atomic E-state index is 0.0685. The Hall–Kier alpha value is -4.73. The highest BCUT2D eigenvalue weighted by atomic mass is 16.5. The number of likely N-dealkylation sites (tertiary alicyclic amines) is 1. The Morgan fingerprint density at radius 3 is 2.74 bits per heavy atom. The fourth-order valence-corrected chi connectivity index (χ4v) is 5.94. The van der Waals surface area contributed by atoms with E-state index in [1.807, 2.05) is 48.2 Å². The smallest absolute Gasteiger partial charge is 0.407 e. The number of aryl methyl sites for hydroxylation is 1. The number of carboxylic acid groups (broad SMARTS) is 1. The third kappa shape index (κ3) is 5.32. The Balaban J connectivity index is 1.31. The van der Waals surface area contributed by atoms with Crippen molar-refractivity contribution in [2.45, 2.75) is 45.6 Å². The van der Waals surface area contributed by atoms with E-state index in [-0.39, 0.29) is 17.9 Å². The highest BCUT2D eigenvalue weighted by Crippen LogP contribution is 2.40. The van der Waals surface area contributed by atoms with Gasteiger partial charge < -0.3 is 25.0 Å². The van der Waals surface area contributed by atoms with Gasteiger partial charge in [-0.1, -0.05) is 31.2 Å². The number of hydrogen-bond acceptors (Lipinski definition) is 7. The van der Waals surface area contributed by atoms with Gasteiger partial charge in [-0.3, -0.25) is 4.79 Å². The number of rotatable bonds is 7. The maximum atomic E-state index is 13.1. The summed E-state index contributed by atoms with van der Waals surface area (Å²) in [6, 6.07) is 15.5. The second-order valence-corrected chi connectivity index (χ2v) is 10.9. The van der Waals surface area contributed by atoms with Gasteiger partial charge in [-0.15, -0.1) is 0 Å². The number of fused-ring (bicyclic) bond motifs is 1. The molecule has 4 aromatic rings. The molecule has 10 heteroatoms. The normalized spacial score (nSPS) is 18.9. The Kier molecular flexibility index (Phi) is 7.60. The van der Waals surface area contributed by atoms with Crippen LogP contribution >= 0.6 is 0 Å². The SMILES string of the molecule is CC[C@H]1CCN(c2cccc3c(Oc4ncccc4-c4ccnc(N[C@H]5CCCN(C(=O)O)C5)n4)c(C)ccc23)C1=O. The van der Waals surface area contributed by atoms with Gasteiger partial charge in [0, 0.05) is 54.8 Å². The lowest BCUT2D eigenvalue weighted by atomic mass is 10.0. The van der Waals surface area contributed by atoms with Crippen LogP contribution in [0.1, 0.15) is 38.2 Å². The van der Waals surface area contributed by atoms with Crippen LogP contribution in [0, 0.1) is 12.8 Å². The summed E-state index contributed by atoms with van der Waals surface area (Å²) in [7, 11) is 0. The van der Waals surface area contributed by atoms with Crippen molar-refractivity contribution in [2.24, 2.45) is 5.92 Å². The molecule has 2 amide bonds. The van der Waals surface area contributed by atoms with Crippen molar-refractivity contribution in [3.63, 3.8) is 0 Å². The highest BCUT2D eigenvalue weighted by Gasteiger charge is 2.32. The van der Waals surface area contributed by atoms with Crippen molar-refractivity contribution in [2.75, 3.05) is 29.9 Å².